The minimum Gasteiger partial charge on any atom is -0.258 e. The van der Waals surface area contributed by atoms with E-state index in [1.54, 1.807) is 0 Å². The molecule has 1 heterocycles. The summed E-state index contributed by atoms with van der Waals surface area (Å²) in [6, 6.07) is 24.4. The van der Waals surface area contributed by atoms with Gasteiger partial charge in [-0.05, 0) is 25.5 Å². The Balaban J connectivity index is 1.87. The quantitative estimate of drug-likeness (QED) is 0.350. The monoisotopic (exact) mass is 406 g/mol. The highest BCUT2D eigenvalue weighted by atomic mass is 35.5. The Morgan fingerprint density at radius 1 is 0.750 bits per heavy atom. The number of rotatable bonds is 4. The average Bonchev–Trinajstić information content (AvgIpc) is 3.01. The molecule has 0 aliphatic rings. The molecule has 0 saturated heterocycles. The molecule has 0 atom stereocenters. The van der Waals surface area contributed by atoms with Gasteiger partial charge in [-0.1, -0.05) is 101 Å². The molecule has 28 heavy (non-hydrogen) atoms. The summed E-state index contributed by atoms with van der Waals surface area (Å²) in [5.74, 6) is 0. The van der Waals surface area contributed by atoms with Crippen molar-refractivity contribution in [2.24, 2.45) is 0 Å². The van der Waals surface area contributed by atoms with Crippen LogP contribution < -0.4 is 0 Å². The van der Waals surface area contributed by atoms with Gasteiger partial charge in [-0.3, -0.25) is 4.68 Å². The van der Waals surface area contributed by atoms with Crippen molar-refractivity contribution in [3.05, 3.63) is 99.5 Å². The second-order valence-electron chi connectivity index (χ2n) is 6.99. The van der Waals surface area contributed by atoms with E-state index in [-0.39, 0.29) is 0 Å². The first-order chi connectivity index (χ1) is 13.5. The van der Waals surface area contributed by atoms with E-state index in [1.165, 1.54) is 11.1 Å². The van der Waals surface area contributed by atoms with Gasteiger partial charge < -0.3 is 0 Å². The summed E-state index contributed by atoms with van der Waals surface area (Å²) in [5.41, 5.74) is 7.13. The largest absolute Gasteiger partial charge is 0.258 e. The molecule has 140 valence electrons. The van der Waals surface area contributed by atoms with Crippen LogP contribution in [0.5, 0.6) is 0 Å². The summed E-state index contributed by atoms with van der Waals surface area (Å²) in [5, 5.41) is 6.25. The van der Waals surface area contributed by atoms with Crippen molar-refractivity contribution in [1.29, 1.82) is 0 Å². The lowest BCUT2D eigenvalue weighted by Crippen LogP contribution is -2.04. The number of halogens is 2. The standard InChI is InChI=1S/C24H20Cl2N2/c1-16-7-11-18(12-8-16)23-22(26)24(19-13-9-17(2)10-14-19)28(27-23)15-20-5-3-4-6-21(20)25/h3-14H,15H2,1-2H3. The molecule has 0 amide bonds. The van der Waals surface area contributed by atoms with Crippen molar-refractivity contribution in [1.82, 2.24) is 9.78 Å². The molecule has 0 aliphatic carbocycles. The van der Waals surface area contributed by atoms with Crippen LogP contribution in [-0.4, -0.2) is 9.78 Å². The van der Waals surface area contributed by atoms with Crippen molar-refractivity contribution in [2.45, 2.75) is 20.4 Å². The van der Waals surface area contributed by atoms with Crippen molar-refractivity contribution in [2.75, 3.05) is 0 Å². The van der Waals surface area contributed by atoms with Crippen LogP contribution in [-0.2, 0) is 6.54 Å². The summed E-state index contributed by atoms with van der Waals surface area (Å²) >= 11 is 13.3. The van der Waals surface area contributed by atoms with Gasteiger partial charge in [-0.15, -0.1) is 0 Å². The fourth-order valence-electron chi connectivity index (χ4n) is 3.23. The minimum atomic E-state index is 0.550. The van der Waals surface area contributed by atoms with Gasteiger partial charge in [0, 0.05) is 16.1 Å². The SMILES string of the molecule is Cc1ccc(-c2nn(Cc3ccccc3Cl)c(-c3ccc(C)cc3)c2Cl)cc1. The number of aromatic nitrogens is 2. The lowest BCUT2D eigenvalue weighted by Gasteiger charge is -2.10. The molecular formula is C24H20Cl2N2. The zero-order valence-electron chi connectivity index (χ0n) is 15.8. The zero-order chi connectivity index (χ0) is 19.7. The van der Waals surface area contributed by atoms with Gasteiger partial charge in [0.25, 0.3) is 0 Å². The molecule has 4 aromatic rings. The predicted octanol–water partition coefficient (Wildman–Crippen LogP) is 7.19. The molecule has 1 aromatic heterocycles. The summed E-state index contributed by atoms with van der Waals surface area (Å²) in [6.07, 6.45) is 0. The third-order valence-corrected chi connectivity index (χ3v) is 5.55. The fraction of sp³-hybridized carbons (Fsp3) is 0.125. The molecule has 0 bridgehead atoms. The van der Waals surface area contributed by atoms with Crippen LogP contribution in [0.3, 0.4) is 0 Å². The van der Waals surface area contributed by atoms with E-state index in [4.69, 9.17) is 28.3 Å². The van der Waals surface area contributed by atoms with E-state index in [0.29, 0.717) is 11.6 Å². The first-order valence-corrected chi connectivity index (χ1v) is 9.92. The summed E-state index contributed by atoms with van der Waals surface area (Å²) in [7, 11) is 0. The average molecular weight is 407 g/mol. The van der Waals surface area contributed by atoms with E-state index >= 15 is 0 Å². The molecule has 0 spiro atoms. The van der Waals surface area contributed by atoms with Crippen LogP contribution in [0.15, 0.2) is 72.8 Å². The third-order valence-electron chi connectivity index (χ3n) is 4.82. The molecule has 0 N–H and O–H groups in total. The lowest BCUT2D eigenvalue weighted by atomic mass is 10.1. The first-order valence-electron chi connectivity index (χ1n) is 9.17. The Hall–Kier alpha value is -2.55. The molecule has 2 nitrogen and oxygen atoms in total. The van der Waals surface area contributed by atoms with Crippen LogP contribution in [0.25, 0.3) is 22.5 Å². The zero-order valence-corrected chi connectivity index (χ0v) is 17.3. The van der Waals surface area contributed by atoms with Crippen molar-refractivity contribution in [3.8, 4) is 22.5 Å². The van der Waals surface area contributed by atoms with Gasteiger partial charge in [0.1, 0.15) is 5.69 Å². The molecule has 0 saturated carbocycles. The maximum Gasteiger partial charge on any atom is 0.112 e. The molecule has 0 fully saturated rings. The second kappa shape index (κ2) is 7.83. The highest BCUT2D eigenvalue weighted by Crippen LogP contribution is 2.37. The van der Waals surface area contributed by atoms with E-state index in [1.807, 2.05) is 28.9 Å². The Bertz CT molecular complexity index is 1110. The van der Waals surface area contributed by atoms with Crippen molar-refractivity contribution in [3.63, 3.8) is 0 Å². The van der Waals surface area contributed by atoms with Crippen LogP contribution in [0.2, 0.25) is 10.0 Å². The second-order valence-corrected chi connectivity index (χ2v) is 7.78. The Morgan fingerprint density at radius 3 is 1.93 bits per heavy atom. The van der Waals surface area contributed by atoms with E-state index < -0.39 is 0 Å². The van der Waals surface area contributed by atoms with E-state index in [2.05, 4.69) is 62.4 Å². The number of benzene rings is 3. The highest BCUT2D eigenvalue weighted by Gasteiger charge is 2.20. The molecule has 3 aromatic carbocycles. The highest BCUT2D eigenvalue weighted by molar-refractivity contribution is 6.35. The normalized spacial score (nSPS) is 11.0. The van der Waals surface area contributed by atoms with Gasteiger partial charge in [-0.25, -0.2) is 0 Å². The summed E-state index contributed by atoms with van der Waals surface area (Å²) in [4.78, 5) is 0. The summed E-state index contributed by atoms with van der Waals surface area (Å²) in [6.45, 7) is 4.69. The van der Waals surface area contributed by atoms with Crippen LogP contribution >= 0.6 is 23.2 Å². The smallest absolute Gasteiger partial charge is 0.112 e. The van der Waals surface area contributed by atoms with Crippen LogP contribution in [0.4, 0.5) is 0 Å². The summed E-state index contributed by atoms with van der Waals surface area (Å²) < 4.78 is 1.95. The number of nitrogens with zero attached hydrogens (tertiary/aromatic N) is 2. The number of aryl methyl sites for hydroxylation is 2. The van der Waals surface area contributed by atoms with Crippen molar-refractivity contribution >= 4 is 23.2 Å². The Kier molecular flexibility index (Phi) is 5.25. The maximum atomic E-state index is 6.87. The van der Waals surface area contributed by atoms with Crippen LogP contribution in [0, 0.1) is 13.8 Å². The van der Waals surface area contributed by atoms with E-state index in [0.717, 1.165) is 33.1 Å². The van der Waals surface area contributed by atoms with Crippen molar-refractivity contribution < 1.29 is 0 Å². The third kappa shape index (κ3) is 3.71. The molecular weight excluding hydrogens is 387 g/mol. The van der Waals surface area contributed by atoms with E-state index in [9.17, 15) is 0 Å². The fourth-order valence-corrected chi connectivity index (χ4v) is 3.77. The molecule has 4 rings (SSSR count). The van der Waals surface area contributed by atoms with Gasteiger partial charge in [0.2, 0.25) is 0 Å². The van der Waals surface area contributed by atoms with Gasteiger partial charge >= 0.3 is 0 Å². The number of hydrogen-bond acceptors (Lipinski definition) is 1. The molecule has 0 aliphatic heterocycles. The first kappa shape index (κ1) is 18.8. The topological polar surface area (TPSA) is 17.8 Å². The Labute approximate surface area is 175 Å². The maximum absolute atomic E-state index is 6.87. The lowest BCUT2D eigenvalue weighted by molar-refractivity contribution is 0.697. The molecule has 4 heteroatoms. The molecule has 0 unspecified atom stereocenters. The number of hydrogen-bond donors (Lipinski definition) is 0. The van der Waals surface area contributed by atoms with Gasteiger partial charge in [0.15, 0.2) is 0 Å². The van der Waals surface area contributed by atoms with Gasteiger partial charge in [0.05, 0.1) is 17.3 Å². The predicted molar refractivity (Wildman–Crippen MR) is 118 cm³/mol. The minimum absolute atomic E-state index is 0.550. The van der Waals surface area contributed by atoms with Crippen LogP contribution in [0.1, 0.15) is 16.7 Å². The Morgan fingerprint density at radius 2 is 1.32 bits per heavy atom. The molecule has 0 radical (unpaired) electrons. The van der Waals surface area contributed by atoms with Gasteiger partial charge in [-0.2, -0.15) is 5.10 Å².